The van der Waals surface area contributed by atoms with Crippen molar-refractivity contribution in [1.29, 1.82) is 0 Å². The Labute approximate surface area is 166 Å². The van der Waals surface area contributed by atoms with Crippen LogP contribution in [0.15, 0.2) is 29.4 Å². The Morgan fingerprint density at radius 1 is 1.22 bits per heavy atom. The molecule has 1 heterocycles. The summed E-state index contributed by atoms with van der Waals surface area (Å²) >= 11 is 7.00. The number of carbonyl (C=O) groups excluding carboxylic acids is 2. The Morgan fingerprint density at radius 3 is 2.70 bits per heavy atom. The Morgan fingerprint density at radius 2 is 1.96 bits per heavy atom. The van der Waals surface area contributed by atoms with Crippen LogP contribution in [0.4, 0.5) is 0 Å². The molecule has 0 saturated heterocycles. The number of H-pyrrole nitrogens is 1. The number of benzene rings is 1. The number of imide groups is 1. The van der Waals surface area contributed by atoms with Crippen molar-refractivity contribution in [3.05, 3.63) is 35.1 Å². The zero-order valence-corrected chi connectivity index (χ0v) is 16.3. The number of hydrogen-bond donors (Lipinski definition) is 2. The molecule has 1 aliphatic carbocycles. The molecular formula is C18H21ClN4O3S. The minimum absolute atomic E-state index is 0.0344. The van der Waals surface area contributed by atoms with E-state index in [9.17, 15) is 9.59 Å². The number of halogens is 1. The minimum atomic E-state index is -0.320. The third kappa shape index (κ3) is 6.25. The number of aromatic amines is 1. The standard InChI is InChI=1S/C18H21ClN4O3S/c19-13-6-8-14(9-7-13)26-10-15-20-18(23-22-15)27-11-16(24)21-17(25)12-4-2-1-3-5-12/h6-9,12H,1-5,10-11H2,(H,20,22,23)(H,21,24,25). The molecule has 1 fully saturated rings. The van der Waals surface area contributed by atoms with Gasteiger partial charge in [-0.05, 0) is 37.1 Å². The van der Waals surface area contributed by atoms with E-state index in [4.69, 9.17) is 16.3 Å². The zero-order chi connectivity index (χ0) is 19.1. The Bertz CT molecular complexity index is 775. The maximum Gasteiger partial charge on any atom is 0.237 e. The second-order valence-electron chi connectivity index (χ2n) is 6.34. The van der Waals surface area contributed by atoms with Crippen molar-refractivity contribution in [2.24, 2.45) is 5.92 Å². The molecule has 1 saturated carbocycles. The van der Waals surface area contributed by atoms with Crippen LogP contribution in [0.25, 0.3) is 0 Å². The van der Waals surface area contributed by atoms with Crippen molar-refractivity contribution in [2.75, 3.05) is 5.75 Å². The lowest BCUT2D eigenvalue weighted by molar-refractivity contribution is -0.132. The summed E-state index contributed by atoms with van der Waals surface area (Å²) in [7, 11) is 0. The van der Waals surface area contributed by atoms with Crippen LogP contribution in [0, 0.1) is 5.92 Å². The van der Waals surface area contributed by atoms with E-state index in [0.717, 1.165) is 25.7 Å². The van der Waals surface area contributed by atoms with Crippen LogP contribution in [0.2, 0.25) is 5.02 Å². The van der Waals surface area contributed by atoms with E-state index in [1.807, 2.05) is 0 Å². The summed E-state index contributed by atoms with van der Waals surface area (Å²) in [5, 5.41) is 10.4. The minimum Gasteiger partial charge on any atom is -0.486 e. The van der Waals surface area contributed by atoms with Crippen LogP contribution >= 0.6 is 23.4 Å². The van der Waals surface area contributed by atoms with Gasteiger partial charge in [0.15, 0.2) is 5.82 Å². The number of aromatic nitrogens is 3. The lowest BCUT2D eigenvalue weighted by Gasteiger charge is -2.20. The molecule has 3 rings (SSSR count). The van der Waals surface area contributed by atoms with Crippen LogP contribution in [-0.2, 0) is 16.2 Å². The molecule has 1 aromatic heterocycles. The predicted molar refractivity (Wildman–Crippen MR) is 103 cm³/mol. The van der Waals surface area contributed by atoms with Gasteiger partial charge in [0.1, 0.15) is 12.4 Å². The van der Waals surface area contributed by atoms with Gasteiger partial charge in [0.2, 0.25) is 17.0 Å². The maximum atomic E-state index is 12.1. The highest BCUT2D eigenvalue weighted by atomic mass is 35.5. The summed E-state index contributed by atoms with van der Waals surface area (Å²) in [5.41, 5.74) is 0. The van der Waals surface area contributed by atoms with E-state index in [2.05, 4.69) is 20.5 Å². The van der Waals surface area contributed by atoms with Crippen molar-refractivity contribution < 1.29 is 14.3 Å². The molecule has 27 heavy (non-hydrogen) atoms. The second-order valence-corrected chi connectivity index (χ2v) is 7.72. The molecule has 0 radical (unpaired) electrons. The van der Waals surface area contributed by atoms with Crippen molar-refractivity contribution >= 4 is 35.2 Å². The molecule has 2 amide bonds. The van der Waals surface area contributed by atoms with E-state index in [0.29, 0.717) is 21.8 Å². The molecule has 144 valence electrons. The van der Waals surface area contributed by atoms with Crippen LogP contribution in [0.5, 0.6) is 5.75 Å². The molecule has 9 heteroatoms. The smallest absolute Gasteiger partial charge is 0.237 e. The lowest BCUT2D eigenvalue weighted by Crippen LogP contribution is -2.37. The highest BCUT2D eigenvalue weighted by molar-refractivity contribution is 7.99. The van der Waals surface area contributed by atoms with Gasteiger partial charge in [-0.15, -0.1) is 5.10 Å². The van der Waals surface area contributed by atoms with Gasteiger partial charge in [-0.25, -0.2) is 4.98 Å². The van der Waals surface area contributed by atoms with Crippen molar-refractivity contribution in [2.45, 2.75) is 43.9 Å². The summed E-state index contributed by atoms with van der Waals surface area (Å²) in [6, 6.07) is 7.02. The molecule has 7 nitrogen and oxygen atoms in total. The highest BCUT2D eigenvalue weighted by Gasteiger charge is 2.22. The Balaban J connectivity index is 1.40. The van der Waals surface area contributed by atoms with Gasteiger partial charge in [-0.1, -0.05) is 42.6 Å². The number of ether oxygens (including phenoxy) is 1. The summed E-state index contributed by atoms with van der Waals surface area (Å²) in [6.07, 6.45) is 5.01. The third-order valence-corrected chi connectivity index (χ3v) is 5.37. The first-order valence-electron chi connectivity index (χ1n) is 8.86. The highest BCUT2D eigenvalue weighted by Crippen LogP contribution is 2.23. The van der Waals surface area contributed by atoms with Gasteiger partial charge in [0.05, 0.1) is 5.75 Å². The fourth-order valence-electron chi connectivity index (χ4n) is 2.86. The molecule has 1 aliphatic rings. The molecule has 2 N–H and O–H groups in total. The SMILES string of the molecule is O=C(CSc1n[nH]c(COc2ccc(Cl)cc2)n1)NC(=O)C1CCCCC1. The molecule has 1 aromatic carbocycles. The first kappa shape index (κ1) is 19.7. The van der Waals surface area contributed by atoms with Crippen LogP contribution in [-0.4, -0.2) is 32.7 Å². The van der Waals surface area contributed by atoms with E-state index >= 15 is 0 Å². The monoisotopic (exact) mass is 408 g/mol. The average molecular weight is 409 g/mol. The number of thioether (sulfide) groups is 1. The van der Waals surface area contributed by atoms with Crippen molar-refractivity contribution in [1.82, 2.24) is 20.5 Å². The van der Waals surface area contributed by atoms with Crippen molar-refractivity contribution in [3.8, 4) is 5.75 Å². The summed E-state index contributed by atoms with van der Waals surface area (Å²) in [6.45, 7) is 0.224. The van der Waals surface area contributed by atoms with E-state index in [1.54, 1.807) is 24.3 Å². The quantitative estimate of drug-likeness (QED) is 0.682. The van der Waals surface area contributed by atoms with Gasteiger partial charge in [0.25, 0.3) is 0 Å². The Kier molecular flexibility index (Phi) is 7.11. The first-order valence-corrected chi connectivity index (χ1v) is 10.2. The molecule has 2 aromatic rings. The lowest BCUT2D eigenvalue weighted by atomic mass is 9.89. The third-order valence-electron chi connectivity index (χ3n) is 4.27. The van der Waals surface area contributed by atoms with E-state index in [1.165, 1.54) is 18.2 Å². The predicted octanol–water partition coefficient (Wildman–Crippen LogP) is 3.35. The first-order chi connectivity index (χ1) is 13.1. The van der Waals surface area contributed by atoms with E-state index in [-0.39, 0.29) is 30.1 Å². The van der Waals surface area contributed by atoms with Crippen LogP contribution < -0.4 is 10.1 Å². The molecule has 0 unspecified atom stereocenters. The molecular weight excluding hydrogens is 388 g/mol. The number of amides is 2. The summed E-state index contributed by atoms with van der Waals surface area (Å²) in [4.78, 5) is 28.3. The van der Waals surface area contributed by atoms with E-state index < -0.39 is 0 Å². The number of hydrogen-bond acceptors (Lipinski definition) is 6. The van der Waals surface area contributed by atoms with Gasteiger partial charge in [-0.3, -0.25) is 20.0 Å². The molecule has 0 aliphatic heterocycles. The molecule has 0 bridgehead atoms. The van der Waals surface area contributed by atoms with Gasteiger partial charge in [-0.2, -0.15) is 0 Å². The van der Waals surface area contributed by atoms with Gasteiger partial charge >= 0.3 is 0 Å². The van der Waals surface area contributed by atoms with Crippen LogP contribution in [0.1, 0.15) is 37.9 Å². The normalized spacial score (nSPS) is 14.7. The topological polar surface area (TPSA) is 97.0 Å². The Hall–Kier alpha value is -2.06. The van der Waals surface area contributed by atoms with Crippen LogP contribution in [0.3, 0.4) is 0 Å². The fraction of sp³-hybridized carbons (Fsp3) is 0.444. The van der Waals surface area contributed by atoms with Gasteiger partial charge < -0.3 is 4.74 Å². The van der Waals surface area contributed by atoms with Crippen molar-refractivity contribution in [3.63, 3.8) is 0 Å². The number of nitrogens with one attached hydrogen (secondary N) is 2. The number of carbonyl (C=O) groups is 2. The second kappa shape index (κ2) is 9.75. The molecule has 0 spiro atoms. The largest absolute Gasteiger partial charge is 0.486 e. The number of rotatable bonds is 7. The number of nitrogens with zero attached hydrogens (tertiary/aromatic N) is 2. The summed E-state index contributed by atoms with van der Waals surface area (Å²) < 4.78 is 5.58. The zero-order valence-electron chi connectivity index (χ0n) is 14.7. The van der Waals surface area contributed by atoms with Gasteiger partial charge in [0, 0.05) is 10.9 Å². The maximum absolute atomic E-state index is 12.1. The molecule has 0 atom stereocenters. The summed E-state index contributed by atoms with van der Waals surface area (Å²) in [5.74, 6) is 0.796. The fourth-order valence-corrected chi connectivity index (χ4v) is 3.60. The average Bonchev–Trinajstić information content (AvgIpc) is 3.14.